The van der Waals surface area contributed by atoms with E-state index in [0.717, 1.165) is 13.3 Å². The Balaban J connectivity index is 0.000000287. The summed E-state index contributed by atoms with van der Waals surface area (Å²) < 4.78 is 85.8. The van der Waals surface area contributed by atoms with Crippen molar-refractivity contribution >= 4 is 18.0 Å². The molecule has 3 heterocycles. The Bertz CT molecular complexity index is 1020. The summed E-state index contributed by atoms with van der Waals surface area (Å²) in [6.45, 7) is 1.09. The van der Waals surface area contributed by atoms with E-state index in [1.54, 1.807) is 6.07 Å². The van der Waals surface area contributed by atoms with Crippen molar-refractivity contribution in [2.45, 2.75) is 31.3 Å². The predicted octanol–water partition coefficient (Wildman–Crippen LogP) is 3.54. The van der Waals surface area contributed by atoms with Gasteiger partial charge in [-0.25, -0.2) is 0 Å². The number of anilines is 1. The Kier molecular flexibility index (Phi) is 8.42. The molecule has 1 aliphatic rings. The first kappa shape index (κ1) is 26.8. The summed E-state index contributed by atoms with van der Waals surface area (Å²) in [5.41, 5.74) is 4.60. The summed E-state index contributed by atoms with van der Waals surface area (Å²) >= 11 is 0. The number of aromatic nitrogens is 2. The van der Waals surface area contributed by atoms with Gasteiger partial charge in [-0.1, -0.05) is 6.92 Å². The average molecular weight is 494 g/mol. The van der Waals surface area contributed by atoms with Gasteiger partial charge in [-0.3, -0.25) is 19.6 Å². The summed E-state index contributed by atoms with van der Waals surface area (Å²) in [6, 6.07) is 3.64. The number of amides is 2. The minimum absolute atomic E-state index is 0.127. The summed E-state index contributed by atoms with van der Waals surface area (Å²) in [4.78, 5) is 27.6. The number of pyridine rings is 2. The SMILES string of the molecule is COc1cc(C(F)(F)F)ncc1C1COC(C(F)(F)F)C1C.NC(=O)c1cc(NC=O)ccn1. The molecule has 3 rings (SSSR count). The number of hydrogen-bond acceptors (Lipinski definition) is 6. The molecule has 34 heavy (non-hydrogen) atoms. The van der Waals surface area contributed by atoms with Crippen LogP contribution >= 0.6 is 0 Å². The number of methoxy groups -OCH3 is 1. The van der Waals surface area contributed by atoms with E-state index in [4.69, 9.17) is 15.2 Å². The van der Waals surface area contributed by atoms with Gasteiger partial charge >= 0.3 is 12.4 Å². The number of halogens is 6. The number of nitrogens with one attached hydrogen (secondary N) is 1. The van der Waals surface area contributed by atoms with Crippen molar-refractivity contribution in [3.8, 4) is 5.75 Å². The zero-order valence-electron chi connectivity index (χ0n) is 17.8. The van der Waals surface area contributed by atoms with E-state index in [2.05, 4.69) is 15.3 Å². The van der Waals surface area contributed by atoms with Crippen molar-refractivity contribution in [1.82, 2.24) is 9.97 Å². The lowest BCUT2D eigenvalue weighted by atomic mass is 9.86. The number of primary amides is 1. The second kappa shape index (κ2) is 10.7. The Hall–Kier alpha value is -3.42. The van der Waals surface area contributed by atoms with Gasteiger partial charge in [-0.15, -0.1) is 0 Å². The first-order chi connectivity index (χ1) is 15.8. The zero-order chi connectivity index (χ0) is 25.7. The van der Waals surface area contributed by atoms with Crippen LogP contribution in [0.1, 0.15) is 34.6 Å². The molecule has 3 unspecified atom stereocenters. The fraction of sp³-hybridized carbons (Fsp3) is 0.400. The number of nitrogens with zero attached hydrogens (tertiary/aromatic N) is 2. The van der Waals surface area contributed by atoms with Crippen molar-refractivity contribution < 1.29 is 45.4 Å². The zero-order valence-corrected chi connectivity index (χ0v) is 17.8. The molecule has 2 amide bonds. The molecule has 14 heteroatoms. The summed E-state index contributed by atoms with van der Waals surface area (Å²) in [5.74, 6) is -2.46. The molecule has 0 aromatic carbocycles. The van der Waals surface area contributed by atoms with Gasteiger partial charge in [0, 0.05) is 41.5 Å². The predicted molar refractivity (Wildman–Crippen MR) is 106 cm³/mol. The highest BCUT2D eigenvalue weighted by Gasteiger charge is 2.51. The number of ether oxygens (including phenoxy) is 2. The van der Waals surface area contributed by atoms with Crippen LogP contribution in [0.5, 0.6) is 5.75 Å². The number of carbonyl (C=O) groups is 2. The molecular weight excluding hydrogens is 474 g/mol. The third kappa shape index (κ3) is 6.56. The van der Waals surface area contributed by atoms with Gasteiger partial charge in [0.05, 0.1) is 13.7 Å². The largest absolute Gasteiger partial charge is 0.496 e. The van der Waals surface area contributed by atoms with Crippen LogP contribution in [0.2, 0.25) is 0 Å². The highest BCUT2D eigenvalue weighted by atomic mass is 19.4. The van der Waals surface area contributed by atoms with E-state index in [0.29, 0.717) is 18.2 Å². The molecule has 0 saturated carbocycles. The van der Waals surface area contributed by atoms with Gasteiger partial charge in [-0.05, 0) is 12.1 Å². The fourth-order valence-corrected chi connectivity index (χ4v) is 3.27. The molecule has 2 aromatic heterocycles. The fourth-order valence-electron chi connectivity index (χ4n) is 3.27. The van der Waals surface area contributed by atoms with Gasteiger partial charge in [0.1, 0.15) is 17.1 Å². The lowest BCUT2D eigenvalue weighted by Gasteiger charge is -2.22. The summed E-state index contributed by atoms with van der Waals surface area (Å²) in [5, 5.41) is 2.37. The number of alkyl halides is 6. The molecule has 3 atom stereocenters. The van der Waals surface area contributed by atoms with Crippen LogP contribution in [0.15, 0.2) is 30.6 Å². The highest BCUT2D eigenvalue weighted by Crippen LogP contribution is 2.45. The maximum absolute atomic E-state index is 12.8. The number of nitrogens with two attached hydrogens (primary N) is 1. The molecule has 0 bridgehead atoms. The molecule has 1 fully saturated rings. The van der Waals surface area contributed by atoms with Crippen LogP contribution in [0.25, 0.3) is 0 Å². The number of carbonyl (C=O) groups excluding carboxylic acids is 2. The van der Waals surface area contributed by atoms with Crippen molar-refractivity contribution in [3.05, 3.63) is 47.5 Å². The Morgan fingerprint density at radius 2 is 1.91 bits per heavy atom. The minimum atomic E-state index is -4.65. The average Bonchev–Trinajstić information content (AvgIpc) is 3.15. The molecule has 0 spiro atoms. The third-order valence-corrected chi connectivity index (χ3v) is 4.93. The van der Waals surface area contributed by atoms with Gasteiger partial charge in [0.2, 0.25) is 6.41 Å². The van der Waals surface area contributed by atoms with E-state index in [1.807, 2.05) is 0 Å². The first-order valence-electron chi connectivity index (χ1n) is 9.55. The molecule has 0 aliphatic carbocycles. The van der Waals surface area contributed by atoms with Gasteiger partial charge < -0.3 is 20.5 Å². The van der Waals surface area contributed by atoms with Crippen LogP contribution in [-0.4, -0.2) is 48.3 Å². The van der Waals surface area contributed by atoms with Crippen LogP contribution in [0, 0.1) is 5.92 Å². The standard InChI is InChI=1S/C13H13F6NO2.C7H7N3O2/c1-6-8(5-22-11(6)13(17,18)19)7-4-20-10(12(14,15)16)3-9(7)21-2;8-7(12)6-3-5(10-4-11)1-2-9-6/h3-4,6,8,11H,5H2,1-2H3;1-4H,(H2,8,12)(H,9,10,11). The maximum Gasteiger partial charge on any atom is 0.433 e. The Morgan fingerprint density at radius 3 is 2.41 bits per heavy atom. The molecule has 2 aromatic rings. The van der Waals surface area contributed by atoms with Crippen molar-refractivity contribution in [3.63, 3.8) is 0 Å². The van der Waals surface area contributed by atoms with Gasteiger partial charge in [0.15, 0.2) is 6.10 Å². The Morgan fingerprint density at radius 1 is 1.24 bits per heavy atom. The van der Waals surface area contributed by atoms with E-state index in [9.17, 15) is 35.9 Å². The van der Waals surface area contributed by atoms with Crippen LogP contribution in [0.4, 0.5) is 32.0 Å². The molecule has 8 nitrogen and oxygen atoms in total. The molecule has 186 valence electrons. The summed E-state index contributed by atoms with van der Waals surface area (Å²) in [7, 11) is 1.15. The quantitative estimate of drug-likeness (QED) is 0.485. The first-order valence-corrected chi connectivity index (χ1v) is 9.55. The van der Waals surface area contributed by atoms with Crippen LogP contribution in [-0.2, 0) is 15.7 Å². The summed E-state index contributed by atoms with van der Waals surface area (Å²) in [6.07, 6.45) is -8.32. The highest BCUT2D eigenvalue weighted by molar-refractivity contribution is 5.92. The monoisotopic (exact) mass is 494 g/mol. The van der Waals surface area contributed by atoms with Crippen molar-refractivity contribution in [1.29, 1.82) is 0 Å². The Labute approximate surface area is 189 Å². The lowest BCUT2D eigenvalue weighted by Crippen LogP contribution is -2.33. The normalized spacial score (nSPS) is 20.2. The minimum Gasteiger partial charge on any atom is -0.496 e. The van der Waals surface area contributed by atoms with E-state index >= 15 is 0 Å². The van der Waals surface area contributed by atoms with Crippen LogP contribution in [0.3, 0.4) is 0 Å². The number of rotatable bonds is 5. The molecular formula is C20H20F6N4O4. The van der Waals surface area contributed by atoms with Crippen LogP contribution < -0.4 is 15.8 Å². The maximum atomic E-state index is 12.8. The van der Waals surface area contributed by atoms with Gasteiger partial charge in [-0.2, -0.15) is 26.3 Å². The van der Waals surface area contributed by atoms with Gasteiger partial charge in [0.25, 0.3) is 5.91 Å². The van der Waals surface area contributed by atoms with Crippen molar-refractivity contribution in [2.24, 2.45) is 11.7 Å². The molecule has 0 radical (unpaired) electrons. The van der Waals surface area contributed by atoms with E-state index < -0.39 is 41.9 Å². The lowest BCUT2D eigenvalue weighted by molar-refractivity contribution is -0.215. The second-order valence-electron chi connectivity index (χ2n) is 7.13. The molecule has 3 N–H and O–H groups in total. The number of hydrogen-bond donors (Lipinski definition) is 2. The molecule has 1 aliphatic heterocycles. The smallest absolute Gasteiger partial charge is 0.433 e. The topological polar surface area (TPSA) is 116 Å². The van der Waals surface area contributed by atoms with E-state index in [-0.39, 0.29) is 23.6 Å². The second-order valence-corrected chi connectivity index (χ2v) is 7.13. The third-order valence-electron chi connectivity index (χ3n) is 4.93. The van der Waals surface area contributed by atoms with Crippen molar-refractivity contribution in [2.75, 3.05) is 19.0 Å². The molecule has 1 saturated heterocycles. The van der Waals surface area contributed by atoms with E-state index in [1.165, 1.54) is 19.2 Å².